The van der Waals surface area contributed by atoms with Gasteiger partial charge >= 0.3 is 0 Å². The molecule has 1 unspecified atom stereocenters. The average molecular weight is 381 g/mol. The lowest BCUT2D eigenvalue weighted by Gasteiger charge is -2.47. The van der Waals surface area contributed by atoms with E-state index in [2.05, 4.69) is 41.2 Å². The summed E-state index contributed by atoms with van der Waals surface area (Å²) in [7, 11) is 0. The topological polar surface area (TPSA) is 42.9 Å². The van der Waals surface area contributed by atoms with Gasteiger partial charge in [-0.3, -0.25) is 14.8 Å². The first-order valence-electron chi connectivity index (χ1n) is 7.20. The molecule has 0 aliphatic carbocycles. The molecule has 6 heteroatoms. The number of piperazine rings is 3. The van der Waals surface area contributed by atoms with E-state index in [4.69, 9.17) is 4.99 Å². The highest BCUT2D eigenvalue weighted by atomic mass is 127. The first-order chi connectivity index (χ1) is 8.69. The van der Waals surface area contributed by atoms with E-state index >= 15 is 0 Å². The number of aliphatic imine (C=N–C) groups is 1. The second-order valence-corrected chi connectivity index (χ2v) is 5.51. The maximum atomic E-state index is 4.72. The Kier molecular flexibility index (Phi) is 7.38. The molecule has 3 heterocycles. The van der Waals surface area contributed by atoms with E-state index in [-0.39, 0.29) is 24.0 Å². The molecule has 0 amide bonds. The maximum absolute atomic E-state index is 4.72. The molecule has 0 aromatic rings. The maximum Gasteiger partial charge on any atom is 0.191 e. The van der Waals surface area contributed by atoms with Gasteiger partial charge in [0.25, 0.3) is 0 Å². The molecule has 0 radical (unpaired) electrons. The molecule has 19 heavy (non-hydrogen) atoms. The van der Waals surface area contributed by atoms with E-state index < -0.39 is 0 Å². The Morgan fingerprint density at radius 1 is 1.26 bits per heavy atom. The summed E-state index contributed by atoms with van der Waals surface area (Å²) in [5.41, 5.74) is 0. The highest BCUT2D eigenvalue weighted by Gasteiger charge is 2.31. The number of nitrogens with zero attached hydrogens (tertiary/aromatic N) is 3. The molecule has 3 aliphatic rings. The number of nitrogens with one attached hydrogen (secondary N) is 2. The van der Waals surface area contributed by atoms with Crippen LogP contribution >= 0.6 is 24.0 Å². The Hall–Kier alpha value is -0.0800. The van der Waals surface area contributed by atoms with Crippen LogP contribution in [-0.4, -0.2) is 73.7 Å². The zero-order valence-electron chi connectivity index (χ0n) is 12.4. The van der Waals surface area contributed by atoms with Crippen molar-refractivity contribution in [2.45, 2.75) is 32.9 Å². The quantitative estimate of drug-likeness (QED) is 0.425. The minimum absolute atomic E-state index is 0. The van der Waals surface area contributed by atoms with Crippen molar-refractivity contribution < 1.29 is 0 Å². The van der Waals surface area contributed by atoms with Crippen molar-refractivity contribution in [3.8, 4) is 0 Å². The van der Waals surface area contributed by atoms with Crippen LogP contribution in [0.4, 0.5) is 0 Å². The Bertz CT molecular complexity index is 287. The molecule has 1 atom stereocenters. The molecular weight excluding hydrogens is 353 g/mol. The monoisotopic (exact) mass is 381 g/mol. The molecular formula is C13H28IN5. The number of guanidine groups is 1. The van der Waals surface area contributed by atoms with E-state index in [9.17, 15) is 0 Å². The molecule has 3 fully saturated rings. The zero-order valence-corrected chi connectivity index (χ0v) is 14.7. The van der Waals surface area contributed by atoms with Crippen molar-refractivity contribution in [2.24, 2.45) is 4.99 Å². The first-order valence-corrected chi connectivity index (χ1v) is 7.20. The largest absolute Gasteiger partial charge is 0.357 e. The van der Waals surface area contributed by atoms with Gasteiger partial charge in [0.15, 0.2) is 5.96 Å². The van der Waals surface area contributed by atoms with Crippen molar-refractivity contribution >= 4 is 29.9 Å². The number of hydrogen-bond acceptors (Lipinski definition) is 3. The Balaban J connectivity index is 0.00000180. The summed E-state index contributed by atoms with van der Waals surface area (Å²) in [6, 6.07) is 1.03. The van der Waals surface area contributed by atoms with Crippen LogP contribution in [0.3, 0.4) is 0 Å². The summed E-state index contributed by atoms with van der Waals surface area (Å²) < 4.78 is 0. The van der Waals surface area contributed by atoms with E-state index in [0.29, 0.717) is 12.1 Å². The van der Waals surface area contributed by atoms with Gasteiger partial charge in [-0.25, -0.2) is 0 Å². The van der Waals surface area contributed by atoms with Crippen LogP contribution in [0.1, 0.15) is 20.8 Å². The van der Waals surface area contributed by atoms with Gasteiger partial charge in [0.2, 0.25) is 0 Å². The lowest BCUT2D eigenvalue weighted by atomic mass is 10.1. The van der Waals surface area contributed by atoms with Gasteiger partial charge in [-0.05, 0) is 20.8 Å². The summed E-state index contributed by atoms with van der Waals surface area (Å²) >= 11 is 0. The summed E-state index contributed by atoms with van der Waals surface area (Å²) in [6.45, 7) is 14.3. The van der Waals surface area contributed by atoms with Crippen molar-refractivity contribution in [1.29, 1.82) is 0 Å². The van der Waals surface area contributed by atoms with Gasteiger partial charge in [-0.1, -0.05) is 0 Å². The van der Waals surface area contributed by atoms with Crippen molar-refractivity contribution in [2.75, 3.05) is 45.8 Å². The minimum Gasteiger partial charge on any atom is -0.357 e. The van der Waals surface area contributed by atoms with E-state index in [1.54, 1.807) is 0 Å². The predicted molar refractivity (Wildman–Crippen MR) is 91.5 cm³/mol. The van der Waals surface area contributed by atoms with Crippen LogP contribution in [0.25, 0.3) is 0 Å². The second-order valence-electron chi connectivity index (χ2n) is 5.51. The van der Waals surface area contributed by atoms with E-state index in [0.717, 1.165) is 19.0 Å². The Morgan fingerprint density at radius 2 is 1.95 bits per heavy atom. The fraction of sp³-hybridized carbons (Fsp3) is 0.923. The smallest absolute Gasteiger partial charge is 0.191 e. The van der Waals surface area contributed by atoms with Gasteiger partial charge in [0.1, 0.15) is 0 Å². The first kappa shape index (κ1) is 17.0. The lowest BCUT2D eigenvalue weighted by Crippen LogP contribution is -2.62. The summed E-state index contributed by atoms with van der Waals surface area (Å²) in [4.78, 5) is 9.87. The predicted octanol–water partition coefficient (Wildman–Crippen LogP) is 0.568. The van der Waals surface area contributed by atoms with Gasteiger partial charge in [0, 0.05) is 51.4 Å². The fourth-order valence-corrected chi connectivity index (χ4v) is 2.69. The highest BCUT2D eigenvalue weighted by Crippen LogP contribution is 2.15. The Morgan fingerprint density at radius 3 is 2.42 bits per heavy atom. The van der Waals surface area contributed by atoms with Gasteiger partial charge in [-0.15, -0.1) is 24.0 Å². The molecule has 3 saturated heterocycles. The third-order valence-electron chi connectivity index (χ3n) is 3.62. The molecule has 0 aromatic carbocycles. The molecule has 0 aromatic heterocycles. The normalized spacial score (nSPS) is 30.1. The van der Waals surface area contributed by atoms with Crippen LogP contribution in [0.5, 0.6) is 0 Å². The third-order valence-corrected chi connectivity index (χ3v) is 3.62. The molecule has 3 aliphatic heterocycles. The number of rotatable bonds is 4. The van der Waals surface area contributed by atoms with Crippen molar-refractivity contribution in [3.63, 3.8) is 0 Å². The van der Waals surface area contributed by atoms with Crippen LogP contribution in [0, 0.1) is 0 Å². The minimum atomic E-state index is 0. The highest BCUT2D eigenvalue weighted by molar-refractivity contribution is 14.0. The lowest BCUT2D eigenvalue weighted by molar-refractivity contribution is 0.0174. The molecule has 5 nitrogen and oxygen atoms in total. The van der Waals surface area contributed by atoms with Crippen LogP contribution in [0.2, 0.25) is 0 Å². The molecule has 3 rings (SSSR count). The average Bonchev–Trinajstić information content (AvgIpc) is 2.37. The van der Waals surface area contributed by atoms with Crippen LogP contribution in [0.15, 0.2) is 4.99 Å². The van der Waals surface area contributed by atoms with Gasteiger partial charge in [-0.2, -0.15) is 0 Å². The summed E-state index contributed by atoms with van der Waals surface area (Å²) in [5.74, 6) is 0.949. The number of hydrogen-bond donors (Lipinski definition) is 2. The van der Waals surface area contributed by atoms with Crippen LogP contribution < -0.4 is 10.6 Å². The SMILES string of the molecule is CCNC(=NCC1CN2CCN1CC2)NC(C)C.I. The van der Waals surface area contributed by atoms with Gasteiger partial charge in [0.05, 0.1) is 6.54 Å². The van der Waals surface area contributed by atoms with Crippen molar-refractivity contribution in [3.05, 3.63) is 0 Å². The standard InChI is InChI=1S/C13H27N5.HI/c1-4-14-13(16-11(2)3)15-9-12-10-17-5-7-18(12)8-6-17;/h11-12H,4-10H2,1-3H3,(H2,14,15,16);1H. The molecule has 2 N–H and O–H groups in total. The number of fused-ring (bicyclic) bond motifs is 3. The summed E-state index contributed by atoms with van der Waals surface area (Å²) in [5, 5.41) is 6.68. The number of halogens is 1. The van der Waals surface area contributed by atoms with E-state index in [1.807, 2.05) is 0 Å². The van der Waals surface area contributed by atoms with E-state index in [1.165, 1.54) is 32.7 Å². The molecule has 2 bridgehead atoms. The molecule has 0 spiro atoms. The third kappa shape index (κ3) is 5.07. The van der Waals surface area contributed by atoms with Gasteiger partial charge < -0.3 is 10.6 Å². The summed E-state index contributed by atoms with van der Waals surface area (Å²) in [6.07, 6.45) is 0. The molecule has 112 valence electrons. The zero-order chi connectivity index (χ0) is 13.0. The fourth-order valence-electron chi connectivity index (χ4n) is 2.69. The Labute approximate surface area is 134 Å². The second kappa shape index (κ2) is 8.26. The molecule has 0 saturated carbocycles. The van der Waals surface area contributed by atoms with Crippen molar-refractivity contribution in [1.82, 2.24) is 20.4 Å². The van der Waals surface area contributed by atoms with Crippen LogP contribution in [-0.2, 0) is 0 Å².